The molecule has 5 heteroatoms. The van der Waals surface area contributed by atoms with Crippen LogP contribution in [0.1, 0.15) is 37.2 Å². The van der Waals surface area contributed by atoms with Crippen LogP contribution in [0.3, 0.4) is 0 Å². The summed E-state index contributed by atoms with van der Waals surface area (Å²) in [7, 11) is 0. The molecule has 1 amide bonds. The molecule has 1 aromatic heterocycles. The van der Waals surface area contributed by atoms with E-state index < -0.39 is 0 Å². The molecule has 0 saturated heterocycles. The second kappa shape index (κ2) is 8.25. The Bertz CT molecular complexity index is 415. The van der Waals surface area contributed by atoms with Gasteiger partial charge in [0.1, 0.15) is 0 Å². The highest BCUT2D eigenvalue weighted by atomic mass is 32.2. The van der Waals surface area contributed by atoms with Crippen molar-refractivity contribution in [3.05, 3.63) is 17.0 Å². The second-order valence-corrected chi connectivity index (χ2v) is 5.92. The number of amides is 1. The first kappa shape index (κ1) is 16.1. The number of carbonyl (C=O) groups excluding carboxylic acids is 1. The van der Waals surface area contributed by atoms with Gasteiger partial charge in [0.2, 0.25) is 5.91 Å². The zero-order valence-electron chi connectivity index (χ0n) is 12.5. The maximum atomic E-state index is 11.6. The van der Waals surface area contributed by atoms with Crippen molar-refractivity contribution in [1.82, 2.24) is 15.1 Å². The number of hydrogen-bond acceptors (Lipinski definition) is 3. The van der Waals surface area contributed by atoms with Gasteiger partial charge in [-0.05, 0) is 31.6 Å². The Balaban J connectivity index is 2.35. The third-order valence-electron chi connectivity index (χ3n) is 3.21. The molecule has 0 bridgehead atoms. The van der Waals surface area contributed by atoms with E-state index in [-0.39, 0.29) is 5.91 Å². The first-order chi connectivity index (χ1) is 9.10. The molecule has 0 radical (unpaired) electrons. The van der Waals surface area contributed by atoms with Crippen molar-refractivity contribution in [2.75, 3.05) is 18.1 Å². The summed E-state index contributed by atoms with van der Waals surface area (Å²) in [5, 5.41) is 7.47. The van der Waals surface area contributed by atoms with Crippen molar-refractivity contribution >= 4 is 17.7 Å². The maximum Gasteiger partial charge on any atom is 0.220 e. The number of thioether (sulfide) groups is 1. The maximum absolute atomic E-state index is 11.6. The van der Waals surface area contributed by atoms with E-state index in [1.165, 1.54) is 11.3 Å². The lowest BCUT2D eigenvalue weighted by Crippen LogP contribution is -2.28. The van der Waals surface area contributed by atoms with Gasteiger partial charge in [0.25, 0.3) is 0 Å². The van der Waals surface area contributed by atoms with Crippen LogP contribution in [-0.2, 0) is 17.8 Å². The Morgan fingerprint density at radius 1 is 1.37 bits per heavy atom. The summed E-state index contributed by atoms with van der Waals surface area (Å²) >= 11 is 1.80. The molecule has 108 valence electrons. The van der Waals surface area contributed by atoms with Crippen molar-refractivity contribution in [3.63, 3.8) is 0 Å². The lowest BCUT2D eigenvalue weighted by Gasteiger charge is -2.07. The van der Waals surface area contributed by atoms with Crippen LogP contribution in [0.5, 0.6) is 0 Å². The minimum atomic E-state index is 0.137. The number of aryl methyl sites for hydroxylation is 1. The summed E-state index contributed by atoms with van der Waals surface area (Å²) in [4.78, 5) is 11.6. The smallest absolute Gasteiger partial charge is 0.220 e. The first-order valence-corrected chi connectivity index (χ1v) is 8.12. The van der Waals surface area contributed by atoms with E-state index in [0.29, 0.717) is 13.0 Å². The first-order valence-electron chi connectivity index (χ1n) is 6.97. The average molecular weight is 283 g/mol. The molecule has 0 aromatic carbocycles. The zero-order chi connectivity index (χ0) is 14.3. The van der Waals surface area contributed by atoms with E-state index >= 15 is 0 Å². The molecule has 0 aliphatic heterocycles. The van der Waals surface area contributed by atoms with Gasteiger partial charge < -0.3 is 5.32 Å². The minimum absolute atomic E-state index is 0.137. The van der Waals surface area contributed by atoms with Gasteiger partial charge in [0.15, 0.2) is 0 Å². The van der Waals surface area contributed by atoms with Crippen molar-refractivity contribution in [1.29, 1.82) is 0 Å². The lowest BCUT2D eigenvalue weighted by atomic mass is 10.1. The molecule has 0 saturated carbocycles. The number of hydrogen-bond donors (Lipinski definition) is 1. The highest BCUT2D eigenvalue weighted by Gasteiger charge is 2.09. The molecule has 0 spiro atoms. The lowest BCUT2D eigenvalue weighted by molar-refractivity contribution is -0.120. The van der Waals surface area contributed by atoms with Crippen molar-refractivity contribution in [3.8, 4) is 0 Å². The summed E-state index contributed by atoms with van der Waals surface area (Å²) < 4.78 is 2.00. The van der Waals surface area contributed by atoms with E-state index in [0.717, 1.165) is 30.2 Å². The molecule has 0 aliphatic rings. The predicted octanol–water partition coefficient (Wildman–Crippen LogP) is 2.32. The van der Waals surface area contributed by atoms with Crippen LogP contribution in [0.2, 0.25) is 0 Å². The van der Waals surface area contributed by atoms with Crippen LogP contribution in [-0.4, -0.2) is 33.7 Å². The van der Waals surface area contributed by atoms with Crippen LogP contribution in [0.25, 0.3) is 0 Å². The van der Waals surface area contributed by atoms with E-state index in [9.17, 15) is 4.79 Å². The summed E-state index contributed by atoms with van der Waals surface area (Å²) in [5.41, 5.74) is 3.65. The highest BCUT2D eigenvalue weighted by Crippen LogP contribution is 2.12. The molecule has 1 heterocycles. The number of nitrogens with zero attached hydrogens (tertiary/aromatic N) is 2. The van der Waals surface area contributed by atoms with Crippen LogP contribution in [0.15, 0.2) is 0 Å². The van der Waals surface area contributed by atoms with Gasteiger partial charge in [-0.2, -0.15) is 16.9 Å². The highest BCUT2D eigenvalue weighted by molar-refractivity contribution is 7.99. The SMILES string of the molecule is CCSCCC(=O)NCCn1nc(C)c(CC)c1C. The Hall–Kier alpha value is -0.970. The number of nitrogens with one attached hydrogen (secondary N) is 1. The fraction of sp³-hybridized carbons (Fsp3) is 0.714. The Labute approximate surface area is 120 Å². The van der Waals surface area contributed by atoms with Gasteiger partial charge in [-0.25, -0.2) is 0 Å². The van der Waals surface area contributed by atoms with Gasteiger partial charge in [-0.3, -0.25) is 9.48 Å². The monoisotopic (exact) mass is 283 g/mol. The molecule has 0 aliphatic carbocycles. The Morgan fingerprint density at radius 2 is 2.11 bits per heavy atom. The molecule has 1 N–H and O–H groups in total. The van der Waals surface area contributed by atoms with Gasteiger partial charge in [0, 0.05) is 24.4 Å². The summed E-state index contributed by atoms with van der Waals surface area (Å²) in [6, 6.07) is 0. The molecule has 0 atom stereocenters. The second-order valence-electron chi connectivity index (χ2n) is 4.52. The quantitative estimate of drug-likeness (QED) is 0.745. The average Bonchev–Trinajstić information content (AvgIpc) is 2.64. The minimum Gasteiger partial charge on any atom is -0.354 e. The molecule has 1 aromatic rings. The standard InChI is InChI=1S/C14H25N3OS/c1-5-13-11(3)16-17(12(13)4)9-8-15-14(18)7-10-19-6-2/h5-10H2,1-4H3,(H,15,18). The zero-order valence-corrected chi connectivity index (χ0v) is 13.3. The Kier molecular flexibility index (Phi) is 6.99. The number of rotatable bonds is 8. The largest absolute Gasteiger partial charge is 0.354 e. The summed E-state index contributed by atoms with van der Waals surface area (Å²) in [5.74, 6) is 2.11. The Morgan fingerprint density at radius 3 is 2.68 bits per heavy atom. The van der Waals surface area contributed by atoms with Crippen molar-refractivity contribution in [2.24, 2.45) is 0 Å². The summed E-state index contributed by atoms with van der Waals surface area (Å²) in [6.45, 7) is 9.80. The molecule has 0 fully saturated rings. The van der Waals surface area contributed by atoms with E-state index in [4.69, 9.17) is 0 Å². The molecular formula is C14H25N3OS. The fourth-order valence-electron chi connectivity index (χ4n) is 2.16. The predicted molar refractivity (Wildman–Crippen MR) is 81.7 cm³/mol. The van der Waals surface area contributed by atoms with E-state index in [1.54, 1.807) is 11.8 Å². The van der Waals surface area contributed by atoms with Crippen molar-refractivity contribution < 1.29 is 4.79 Å². The van der Waals surface area contributed by atoms with Crippen LogP contribution in [0.4, 0.5) is 0 Å². The van der Waals surface area contributed by atoms with E-state index in [2.05, 4.69) is 31.2 Å². The topological polar surface area (TPSA) is 46.9 Å². The molecule has 19 heavy (non-hydrogen) atoms. The molecular weight excluding hydrogens is 258 g/mol. The fourth-order valence-corrected chi connectivity index (χ4v) is 2.78. The third kappa shape index (κ3) is 4.90. The number of aromatic nitrogens is 2. The normalized spacial score (nSPS) is 10.7. The van der Waals surface area contributed by atoms with E-state index in [1.807, 2.05) is 11.6 Å². The van der Waals surface area contributed by atoms with Crippen LogP contribution in [0, 0.1) is 13.8 Å². The van der Waals surface area contributed by atoms with Crippen LogP contribution >= 0.6 is 11.8 Å². The molecule has 1 rings (SSSR count). The van der Waals surface area contributed by atoms with Gasteiger partial charge in [-0.1, -0.05) is 13.8 Å². The van der Waals surface area contributed by atoms with Gasteiger partial charge in [-0.15, -0.1) is 0 Å². The van der Waals surface area contributed by atoms with Gasteiger partial charge >= 0.3 is 0 Å². The van der Waals surface area contributed by atoms with Gasteiger partial charge in [0.05, 0.1) is 12.2 Å². The van der Waals surface area contributed by atoms with Crippen molar-refractivity contribution in [2.45, 2.75) is 47.1 Å². The molecule has 4 nitrogen and oxygen atoms in total. The molecule has 0 unspecified atom stereocenters. The number of carbonyl (C=O) groups is 1. The van der Waals surface area contributed by atoms with Crippen LogP contribution < -0.4 is 5.32 Å². The summed E-state index contributed by atoms with van der Waals surface area (Å²) in [6.07, 6.45) is 1.62. The third-order valence-corrected chi connectivity index (χ3v) is 4.11.